The van der Waals surface area contributed by atoms with Crippen molar-refractivity contribution in [3.05, 3.63) is 60.7 Å². The summed E-state index contributed by atoms with van der Waals surface area (Å²) in [7, 11) is -2.13. The second-order valence-electron chi connectivity index (χ2n) is 10.5. The molecule has 2 aromatic carbocycles. The fourth-order valence-corrected chi connectivity index (χ4v) is 15.2. The minimum absolute atomic E-state index is 0.536. The average molecular weight is 446 g/mol. The van der Waals surface area contributed by atoms with Gasteiger partial charge in [0, 0.05) is 49.1 Å². The number of nitrogens with one attached hydrogen (secondary N) is 4. The Morgan fingerprint density at radius 3 is 2.22 bits per heavy atom. The second-order valence-corrected chi connectivity index (χ2v) is 14.7. The quantitative estimate of drug-likeness (QED) is 0.499. The van der Waals surface area contributed by atoms with E-state index in [4.69, 9.17) is 0 Å². The molecule has 6 heteroatoms. The van der Waals surface area contributed by atoms with E-state index in [2.05, 4.69) is 86.8 Å². The molecule has 5 heterocycles. The Kier molecular flexibility index (Phi) is 4.82. The Bertz CT molecular complexity index is 916. The fraction of sp³-hybridized carbons (Fsp3) is 0.538. The van der Waals surface area contributed by atoms with E-state index in [-0.39, 0.29) is 0 Å². The molecule has 0 amide bonds. The van der Waals surface area contributed by atoms with Crippen molar-refractivity contribution in [3.8, 4) is 0 Å². The van der Waals surface area contributed by atoms with E-state index in [9.17, 15) is 0 Å². The van der Waals surface area contributed by atoms with Crippen LogP contribution in [0, 0.1) is 0 Å². The Hall–Kier alpha value is -1.54. The van der Waals surface area contributed by atoms with Crippen LogP contribution >= 0.6 is 0 Å². The highest BCUT2D eigenvalue weighted by molar-refractivity contribution is 7.04. The van der Waals surface area contributed by atoms with Gasteiger partial charge < -0.3 is 21.3 Å². The largest absolute Gasteiger partial charge is 0.311 e. The van der Waals surface area contributed by atoms with Crippen LogP contribution in [0.1, 0.15) is 19.3 Å². The first-order chi connectivity index (χ1) is 15.9. The summed E-state index contributed by atoms with van der Waals surface area (Å²) >= 11 is 0. The van der Waals surface area contributed by atoms with Crippen LogP contribution in [-0.4, -0.2) is 75.2 Å². The van der Waals surface area contributed by atoms with Gasteiger partial charge in [-0.2, -0.15) is 0 Å². The summed E-state index contributed by atoms with van der Waals surface area (Å²) in [5.41, 5.74) is 1.26. The molecular weight excluding hydrogens is 410 g/mol. The van der Waals surface area contributed by atoms with Gasteiger partial charge >= 0.3 is 0 Å². The predicted molar refractivity (Wildman–Crippen MR) is 132 cm³/mol. The number of fused-ring (bicyclic) bond motifs is 5. The number of rotatable bonds is 2. The van der Waals surface area contributed by atoms with Crippen molar-refractivity contribution in [1.82, 2.24) is 26.2 Å². The van der Waals surface area contributed by atoms with E-state index in [1.165, 1.54) is 25.8 Å². The molecule has 5 saturated heterocycles. The third-order valence-electron chi connectivity index (χ3n) is 9.35. The van der Waals surface area contributed by atoms with Gasteiger partial charge in [-0.1, -0.05) is 71.0 Å². The minimum atomic E-state index is -2.13. The molecule has 168 valence electrons. The highest BCUT2D eigenvalue weighted by Crippen LogP contribution is 2.50. The molecule has 0 bridgehead atoms. The summed E-state index contributed by atoms with van der Waals surface area (Å²) in [6.45, 7) is 4.35. The summed E-state index contributed by atoms with van der Waals surface area (Å²) in [5, 5.41) is 19.1. The zero-order chi connectivity index (χ0) is 21.1. The summed E-state index contributed by atoms with van der Waals surface area (Å²) in [6, 6.07) is 26.4. The topological polar surface area (TPSA) is 51.4 Å². The fourth-order valence-electron chi connectivity index (χ4n) is 8.47. The van der Waals surface area contributed by atoms with E-state index in [1.54, 1.807) is 10.4 Å². The number of hydrogen-bond donors (Lipinski definition) is 4. The molecule has 0 saturated carbocycles. The first-order valence-corrected chi connectivity index (χ1v) is 14.9. The molecule has 7 unspecified atom stereocenters. The molecule has 5 aliphatic rings. The monoisotopic (exact) mass is 445 g/mol. The van der Waals surface area contributed by atoms with Gasteiger partial charge in [-0.15, -0.1) is 0 Å². The van der Waals surface area contributed by atoms with Crippen molar-refractivity contribution in [1.29, 1.82) is 0 Å². The molecule has 5 nitrogen and oxygen atoms in total. The molecule has 0 radical (unpaired) electrons. The summed E-state index contributed by atoms with van der Waals surface area (Å²) < 4.78 is 0. The minimum Gasteiger partial charge on any atom is -0.311 e. The smallest absolute Gasteiger partial charge is 0.141 e. The lowest BCUT2D eigenvalue weighted by Crippen LogP contribution is -2.87. The van der Waals surface area contributed by atoms with E-state index in [0.717, 1.165) is 25.3 Å². The maximum absolute atomic E-state index is 4.09. The molecule has 5 aliphatic heterocycles. The standard InChI is InChI=1S/C26H35N5Si/c1-3-8-18(9-4-1)32(19-10-5-2-6-11-19)22-13-15-29-24-23-20(12-7-14-28-23)31(25(22)24)21-16-27-17-30-26(21)32/h1-6,8-11,20-30H,7,12-17H2. The van der Waals surface area contributed by atoms with E-state index >= 15 is 0 Å². The molecule has 7 atom stereocenters. The van der Waals surface area contributed by atoms with Crippen LogP contribution in [-0.2, 0) is 0 Å². The first-order valence-electron chi connectivity index (χ1n) is 12.7. The van der Waals surface area contributed by atoms with Crippen LogP contribution in [0.15, 0.2) is 60.7 Å². The molecule has 0 spiro atoms. The normalized spacial score (nSPS) is 40.2. The molecule has 0 aliphatic carbocycles. The Morgan fingerprint density at radius 2 is 1.47 bits per heavy atom. The Labute approximate surface area is 192 Å². The van der Waals surface area contributed by atoms with Crippen molar-refractivity contribution in [2.75, 3.05) is 26.3 Å². The zero-order valence-electron chi connectivity index (χ0n) is 18.7. The maximum Gasteiger partial charge on any atom is 0.141 e. The van der Waals surface area contributed by atoms with Gasteiger partial charge in [-0.3, -0.25) is 4.90 Å². The number of benzene rings is 2. The van der Waals surface area contributed by atoms with Crippen molar-refractivity contribution in [3.63, 3.8) is 0 Å². The van der Waals surface area contributed by atoms with E-state index in [1.807, 2.05) is 0 Å². The Balaban J connectivity index is 1.48. The maximum atomic E-state index is 4.09. The van der Waals surface area contributed by atoms with Crippen molar-refractivity contribution < 1.29 is 0 Å². The van der Waals surface area contributed by atoms with Crippen molar-refractivity contribution in [2.24, 2.45) is 0 Å². The van der Waals surface area contributed by atoms with Crippen LogP contribution in [0.3, 0.4) is 0 Å². The van der Waals surface area contributed by atoms with Crippen molar-refractivity contribution >= 4 is 18.4 Å². The van der Waals surface area contributed by atoms with Gasteiger partial charge in [0.25, 0.3) is 0 Å². The van der Waals surface area contributed by atoms with Gasteiger partial charge in [0.1, 0.15) is 8.07 Å². The first kappa shape index (κ1) is 19.9. The molecule has 7 rings (SSSR count). The van der Waals surface area contributed by atoms with Crippen LogP contribution in [0.25, 0.3) is 0 Å². The summed E-state index contributed by atoms with van der Waals surface area (Å²) in [6.07, 6.45) is 3.93. The Morgan fingerprint density at radius 1 is 0.750 bits per heavy atom. The lowest BCUT2D eigenvalue weighted by atomic mass is 9.91. The highest BCUT2D eigenvalue weighted by atomic mass is 28.3. The lowest BCUT2D eigenvalue weighted by Gasteiger charge is -2.62. The molecule has 2 aromatic rings. The van der Waals surface area contributed by atoms with Gasteiger partial charge in [0.2, 0.25) is 0 Å². The van der Waals surface area contributed by atoms with Crippen LogP contribution in [0.5, 0.6) is 0 Å². The molecule has 0 aromatic heterocycles. The highest BCUT2D eigenvalue weighted by Gasteiger charge is 2.68. The second kappa shape index (κ2) is 7.76. The summed E-state index contributed by atoms with van der Waals surface area (Å²) in [4.78, 5) is 3.01. The van der Waals surface area contributed by atoms with Crippen LogP contribution < -0.4 is 31.6 Å². The number of nitrogens with zero attached hydrogens (tertiary/aromatic N) is 1. The number of hydrogen-bond acceptors (Lipinski definition) is 5. The molecule has 5 fully saturated rings. The number of piperidine rings is 2. The summed E-state index contributed by atoms with van der Waals surface area (Å²) in [5.74, 6) is 0. The predicted octanol–water partition coefficient (Wildman–Crippen LogP) is 0.227. The van der Waals surface area contributed by atoms with E-state index in [0.29, 0.717) is 35.9 Å². The SMILES string of the molecule is c1ccc([Si]2(c3ccccc3)C3CCNC4C5NCCCC5N(C5CNCNC52)C43)cc1. The third-order valence-corrected chi connectivity index (χ3v) is 15.3. The lowest BCUT2D eigenvalue weighted by molar-refractivity contribution is 0.0564. The van der Waals surface area contributed by atoms with E-state index < -0.39 is 8.07 Å². The molecule has 4 N–H and O–H groups in total. The van der Waals surface area contributed by atoms with Gasteiger partial charge in [0.05, 0.1) is 0 Å². The van der Waals surface area contributed by atoms with Gasteiger partial charge in [-0.25, -0.2) is 0 Å². The average Bonchev–Trinajstić information content (AvgIpc) is 3.22. The van der Waals surface area contributed by atoms with Crippen LogP contribution in [0.4, 0.5) is 0 Å². The van der Waals surface area contributed by atoms with Crippen LogP contribution in [0.2, 0.25) is 5.54 Å². The van der Waals surface area contributed by atoms with Gasteiger partial charge in [-0.05, 0) is 37.9 Å². The molecular formula is C26H35N5Si. The van der Waals surface area contributed by atoms with Gasteiger partial charge in [0.15, 0.2) is 0 Å². The third kappa shape index (κ3) is 2.62. The van der Waals surface area contributed by atoms with Crippen molar-refractivity contribution in [2.45, 2.75) is 60.7 Å². The molecule has 32 heavy (non-hydrogen) atoms. The zero-order valence-corrected chi connectivity index (χ0v) is 19.7.